The molecule has 2 bridgehead atoms. The van der Waals surface area contributed by atoms with E-state index in [2.05, 4.69) is 55.2 Å². The number of hydrogen-bond donors (Lipinski definition) is 3. The van der Waals surface area contributed by atoms with Crippen LogP contribution in [0.25, 0.3) is 0 Å². The molecule has 2 heterocycles. The summed E-state index contributed by atoms with van der Waals surface area (Å²) in [5.74, 6) is -1.42. The molecule has 74 heavy (non-hydrogen) atoms. The van der Waals surface area contributed by atoms with Crippen molar-refractivity contribution in [2.24, 2.45) is 17.8 Å². The molecule has 3 rings (SSSR count). The zero-order chi connectivity index (χ0) is 56.4. The lowest BCUT2D eigenvalue weighted by molar-refractivity contribution is -0.145. The van der Waals surface area contributed by atoms with Crippen LogP contribution in [-0.2, 0) is 66.8 Å². The number of carbonyl (C=O) groups is 8. The molecule has 0 aromatic rings. The number of imide groups is 1. The summed E-state index contributed by atoms with van der Waals surface area (Å²) in [6, 6.07) is -0.156. The van der Waals surface area contributed by atoms with E-state index in [1.165, 1.54) is 45.8 Å². The van der Waals surface area contributed by atoms with Crippen molar-refractivity contribution in [2.75, 3.05) is 115 Å². The van der Waals surface area contributed by atoms with Gasteiger partial charge in [0.25, 0.3) is 5.91 Å². The molecule has 2 aliphatic heterocycles. The summed E-state index contributed by atoms with van der Waals surface area (Å²) in [5.41, 5.74) is 0. The van der Waals surface area contributed by atoms with E-state index in [0.29, 0.717) is 84.0 Å². The van der Waals surface area contributed by atoms with E-state index >= 15 is 0 Å². The molecule has 2 saturated heterocycles. The van der Waals surface area contributed by atoms with Crippen molar-refractivity contribution in [3.05, 3.63) is 12.2 Å². The Balaban J connectivity index is 0. The molecule has 9 unspecified atom stereocenters. The van der Waals surface area contributed by atoms with Crippen LogP contribution in [-0.4, -0.2) is 231 Å². The van der Waals surface area contributed by atoms with E-state index in [-0.39, 0.29) is 55.6 Å². The Labute approximate surface area is 443 Å². The Hall–Kier alpha value is -4.06. The zero-order valence-corrected chi connectivity index (χ0v) is 47.3. The predicted molar refractivity (Wildman–Crippen MR) is 284 cm³/mol. The fourth-order valence-electron chi connectivity index (χ4n) is 8.82. The van der Waals surface area contributed by atoms with Gasteiger partial charge < -0.3 is 68.3 Å². The summed E-state index contributed by atoms with van der Waals surface area (Å²) in [7, 11) is 11.0. The maximum absolute atomic E-state index is 13.3. The molecule has 0 aromatic carbocycles. The summed E-state index contributed by atoms with van der Waals surface area (Å²) in [5, 5.41) is 14.2. The average Bonchev–Trinajstić information content (AvgIpc) is 4.14. The Bertz CT molecular complexity index is 1560. The van der Waals surface area contributed by atoms with Gasteiger partial charge in [-0.3, -0.25) is 33.8 Å². The second kappa shape index (κ2) is 45.2. The number of allylic oxidation sites excluding steroid dienone is 1. The number of hydrogen-bond acceptors (Lipinski definition) is 17. The molecule has 10 atom stereocenters. The first kappa shape index (κ1) is 72.0. The number of piperidine rings is 1. The molecule has 3 aliphatic rings. The summed E-state index contributed by atoms with van der Waals surface area (Å²) >= 11 is 0. The summed E-state index contributed by atoms with van der Waals surface area (Å²) < 4.78 is 32.4. The van der Waals surface area contributed by atoms with Gasteiger partial charge in [0.05, 0.1) is 103 Å². The van der Waals surface area contributed by atoms with Gasteiger partial charge in [-0.05, 0) is 92.1 Å². The smallest absolute Gasteiger partial charge is 0.325 e. The number of likely N-dealkylation sites (tertiary alicyclic amines) is 2. The maximum atomic E-state index is 13.3. The van der Waals surface area contributed by atoms with E-state index in [4.69, 9.17) is 33.5 Å². The van der Waals surface area contributed by atoms with Gasteiger partial charge in [-0.25, -0.2) is 0 Å². The third-order valence-corrected chi connectivity index (χ3v) is 12.9. The number of carbonyl (C=O) groups excluding carboxylic acids is 7. The van der Waals surface area contributed by atoms with E-state index < -0.39 is 29.9 Å². The first-order valence-corrected chi connectivity index (χ1v) is 26.3. The SMILES string of the molecule is C/C=C\C(=O)N(C=O)CCOCCOCCOCCOCCC=O.CCC.CCC(C)C(C(CC(=O)N1CCCC1C(OC)C(C)C(=O)N[C@@H](C)C(=O)O)OC)N(C)C.CN1C2CCC(C2)C1C=O.CNCC=O. The summed E-state index contributed by atoms with van der Waals surface area (Å²) in [6.45, 7) is 17.9. The molecule has 0 spiro atoms. The van der Waals surface area contributed by atoms with Crippen molar-refractivity contribution in [3.8, 4) is 0 Å². The lowest BCUT2D eigenvalue weighted by Crippen LogP contribution is -2.52. The van der Waals surface area contributed by atoms with E-state index in [9.17, 15) is 38.4 Å². The highest BCUT2D eigenvalue weighted by molar-refractivity contribution is 5.94. The van der Waals surface area contributed by atoms with Gasteiger partial charge in [-0.15, -0.1) is 0 Å². The van der Waals surface area contributed by atoms with Crippen molar-refractivity contribution in [3.63, 3.8) is 0 Å². The third kappa shape index (κ3) is 29.3. The van der Waals surface area contributed by atoms with Crippen LogP contribution in [0.1, 0.15) is 106 Å². The maximum Gasteiger partial charge on any atom is 0.325 e. The van der Waals surface area contributed by atoms with Crippen LogP contribution in [0.15, 0.2) is 12.2 Å². The topological polar surface area (TPSA) is 249 Å². The van der Waals surface area contributed by atoms with Gasteiger partial charge in [-0.1, -0.05) is 53.5 Å². The second-order valence-electron chi connectivity index (χ2n) is 18.7. The van der Waals surface area contributed by atoms with Gasteiger partial charge in [-0.2, -0.15) is 0 Å². The van der Waals surface area contributed by atoms with E-state index in [1.54, 1.807) is 34.1 Å². The van der Waals surface area contributed by atoms with Crippen molar-refractivity contribution in [1.82, 2.24) is 30.2 Å². The number of aliphatic carboxylic acids is 1. The van der Waals surface area contributed by atoms with Crippen LogP contribution in [0.4, 0.5) is 0 Å². The number of nitrogens with zero attached hydrogens (tertiary/aromatic N) is 4. The fraction of sp³-hybridized carbons (Fsp3) is 0.811. The Morgan fingerprint density at radius 3 is 1.81 bits per heavy atom. The Morgan fingerprint density at radius 2 is 1.41 bits per heavy atom. The van der Waals surface area contributed by atoms with Crippen molar-refractivity contribution in [2.45, 2.75) is 149 Å². The highest BCUT2D eigenvalue weighted by Gasteiger charge is 2.44. The Morgan fingerprint density at radius 1 is 0.824 bits per heavy atom. The quantitative estimate of drug-likeness (QED) is 0.0485. The fourth-order valence-corrected chi connectivity index (χ4v) is 8.82. The van der Waals surface area contributed by atoms with Crippen LogP contribution in [0.5, 0.6) is 0 Å². The zero-order valence-electron chi connectivity index (χ0n) is 47.3. The number of fused-ring (bicyclic) bond motifs is 2. The van der Waals surface area contributed by atoms with Crippen molar-refractivity contribution < 1.29 is 71.9 Å². The second-order valence-corrected chi connectivity index (χ2v) is 18.7. The van der Waals surface area contributed by atoms with Gasteiger partial charge in [0, 0.05) is 39.3 Å². The number of ether oxygens (including phenoxy) is 6. The first-order valence-electron chi connectivity index (χ1n) is 26.3. The number of rotatable bonds is 33. The molecular weight excluding hydrogens is 961 g/mol. The number of likely N-dealkylation sites (N-methyl/N-ethyl adjacent to an activating group) is 3. The van der Waals surface area contributed by atoms with Gasteiger partial charge in [0.1, 0.15) is 24.9 Å². The molecule has 21 heteroatoms. The molecular formula is C53H98N6O15. The third-order valence-electron chi connectivity index (χ3n) is 12.9. The molecule has 1 saturated carbocycles. The minimum atomic E-state index is -1.10. The summed E-state index contributed by atoms with van der Waals surface area (Å²) in [6.07, 6.45) is 13.7. The minimum absolute atomic E-state index is 0.0111. The molecule has 3 N–H and O–H groups in total. The van der Waals surface area contributed by atoms with E-state index in [1.807, 2.05) is 19.0 Å². The molecule has 3 fully saturated rings. The number of carboxylic acids is 1. The molecule has 1 aliphatic carbocycles. The number of aldehydes is 3. The Kier molecular flexibility index (Phi) is 44.0. The lowest BCUT2D eigenvalue weighted by atomic mass is 9.90. The molecule has 0 radical (unpaired) electrons. The van der Waals surface area contributed by atoms with Crippen molar-refractivity contribution >= 4 is 49.0 Å². The molecule has 0 aromatic heterocycles. The van der Waals surface area contributed by atoms with Crippen LogP contribution < -0.4 is 10.6 Å². The van der Waals surface area contributed by atoms with Gasteiger partial charge in [0.2, 0.25) is 18.2 Å². The first-order chi connectivity index (χ1) is 35.4. The normalized spacial score (nSPS) is 20.1. The van der Waals surface area contributed by atoms with Crippen LogP contribution in [0.3, 0.4) is 0 Å². The van der Waals surface area contributed by atoms with Gasteiger partial charge >= 0.3 is 5.97 Å². The largest absolute Gasteiger partial charge is 0.480 e. The lowest BCUT2D eigenvalue weighted by Gasteiger charge is -2.38. The average molecular weight is 1060 g/mol. The monoisotopic (exact) mass is 1060 g/mol. The standard InChI is InChI=1S/C23H43N3O6.C16H27NO7.C8H13NO.C3H7NO.C3H8/c1-9-14(2)20(25(5)6)18(31-7)13-19(27)26-12-10-11-17(26)21(32-8)15(3)22(28)24-16(4)23(29)30;1-2-4-16(20)17(15-19)5-8-22-10-12-24-14-13-23-11-9-21-7-3-6-18;1-9-7-3-2-6(4-7)8(9)5-10;1-4-2-3-5;1-3-2/h14-18,20-21H,9-13H2,1-8H3,(H,24,28)(H,29,30);2,4,6,15H,3,5,7-14H2,1H3;5-8H,2-4H2,1H3;3-4H,2H2,1H3;3H2,1-2H3/b;4-2-;;;/t14?,15?,16-,17?,18?,20?,21?;;;;/m0..../s1. The minimum Gasteiger partial charge on any atom is -0.480 e. The highest BCUT2D eigenvalue weighted by atomic mass is 16.6. The number of amides is 4. The molecule has 4 amide bonds. The van der Waals surface area contributed by atoms with Gasteiger partial charge in [0.15, 0.2) is 0 Å². The molecule has 430 valence electrons. The predicted octanol–water partition coefficient (Wildman–Crippen LogP) is 3.29. The van der Waals surface area contributed by atoms with Crippen molar-refractivity contribution in [1.29, 1.82) is 0 Å². The van der Waals surface area contributed by atoms with Crippen LogP contribution in [0.2, 0.25) is 0 Å². The van der Waals surface area contributed by atoms with Crippen LogP contribution in [0, 0.1) is 17.8 Å². The van der Waals surface area contributed by atoms with Crippen LogP contribution >= 0.6 is 0 Å². The number of carboxylic acid groups (broad SMARTS) is 1. The summed E-state index contributed by atoms with van der Waals surface area (Å²) in [4.78, 5) is 96.4. The number of nitrogens with one attached hydrogen (secondary N) is 2. The highest BCUT2D eigenvalue weighted by Crippen LogP contribution is 2.40. The number of methoxy groups -OCH3 is 2. The van der Waals surface area contributed by atoms with E-state index in [0.717, 1.165) is 49.1 Å². The molecule has 21 nitrogen and oxygen atoms in total.